The van der Waals surface area contributed by atoms with Crippen LogP contribution >= 0.6 is 0 Å². The summed E-state index contributed by atoms with van der Waals surface area (Å²) in [5.41, 5.74) is 1.22. The Morgan fingerprint density at radius 3 is 2.24 bits per heavy atom. The van der Waals surface area contributed by atoms with Crippen molar-refractivity contribution in [2.45, 2.75) is 30.6 Å². The monoisotopic (exact) mass is 489 g/mol. The predicted octanol–water partition coefficient (Wildman–Crippen LogP) is 2.30. The van der Waals surface area contributed by atoms with Gasteiger partial charge < -0.3 is 14.8 Å². The Balaban J connectivity index is 1.38. The summed E-state index contributed by atoms with van der Waals surface area (Å²) in [6.45, 7) is 0.473. The van der Waals surface area contributed by atoms with Crippen LogP contribution in [0.1, 0.15) is 24.8 Å². The molecule has 34 heavy (non-hydrogen) atoms. The molecule has 1 heterocycles. The number of urea groups is 1. The highest BCUT2D eigenvalue weighted by molar-refractivity contribution is 7.89. The van der Waals surface area contributed by atoms with Gasteiger partial charge in [-0.3, -0.25) is 14.9 Å². The number of hydrogen-bond acceptors (Lipinski definition) is 7. The number of carbonyl (C=O) groups excluding carboxylic acids is 3. The Morgan fingerprint density at radius 2 is 1.62 bits per heavy atom. The number of nitrogens with one attached hydrogen (secondary N) is 2. The summed E-state index contributed by atoms with van der Waals surface area (Å²) in [6, 6.07) is 12.1. The van der Waals surface area contributed by atoms with E-state index in [2.05, 4.69) is 10.6 Å². The molecular weight excluding hydrogens is 462 g/mol. The topological polar surface area (TPSA) is 131 Å². The Bertz CT molecular complexity index is 1110. The Labute approximate surface area is 198 Å². The number of hydrogen-bond donors (Lipinski definition) is 2. The summed E-state index contributed by atoms with van der Waals surface area (Å²) in [6.07, 6.45) is 2.06. The minimum Gasteiger partial charge on any atom is -0.497 e. The second-order valence-corrected chi connectivity index (χ2v) is 9.58. The smallest absolute Gasteiger partial charge is 0.325 e. The lowest BCUT2D eigenvalue weighted by Crippen LogP contribution is -2.37. The second kappa shape index (κ2) is 11.6. The van der Waals surface area contributed by atoms with E-state index in [-0.39, 0.29) is 11.3 Å². The van der Waals surface area contributed by atoms with Crippen molar-refractivity contribution in [1.29, 1.82) is 0 Å². The van der Waals surface area contributed by atoms with Crippen LogP contribution in [0.25, 0.3) is 0 Å². The molecule has 2 N–H and O–H groups in total. The number of imide groups is 1. The van der Waals surface area contributed by atoms with E-state index in [1.807, 2.05) is 0 Å². The van der Waals surface area contributed by atoms with Gasteiger partial charge in [-0.2, -0.15) is 4.31 Å². The molecule has 1 fully saturated rings. The lowest BCUT2D eigenvalue weighted by atomic mass is 10.1. The third kappa shape index (κ3) is 7.03. The minimum absolute atomic E-state index is 0.00352. The first-order valence-electron chi connectivity index (χ1n) is 10.8. The summed E-state index contributed by atoms with van der Waals surface area (Å²) in [5, 5.41) is 4.55. The third-order valence-corrected chi connectivity index (χ3v) is 7.12. The Kier molecular flexibility index (Phi) is 8.61. The van der Waals surface area contributed by atoms with Gasteiger partial charge in [0, 0.05) is 25.2 Å². The maximum Gasteiger partial charge on any atom is 0.325 e. The zero-order valence-electron chi connectivity index (χ0n) is 18.8. The zero-order valence-corrected chi connectivity index (χ0v) is 19.6. The number of methoxy groups -OCH3 is 1. The number of benzene rings is 2. The molecule has 0 bridgehead atoms. The average molecular weight is 490 g/mol. The van der Waals surface area contributed by atoms with E-state index in [0.717, 1.165) is 18.4 Å². The Morgan fingerprint density at radius 1 is 0.971 bits per heavy atom. The molecule has 0 atom stereocenters. The van der Waals surface area contributed by atoms with Crippen molar-refractivity contribution < 1.29 is 32.3 Å². The molecule has 1 aliphatic rings. The third-order valence-electron chi connectivity index (χ3n) is 5.21. The fourth-order valence-corrected chi connectivity index (χ4v) is 4.89. The van der Waals surface area contributed by atoms with Crippen LogP contribution in [0.4, 0.5) is 10.5 Å². The highest BCUT2D eigenvalue weighted by Gasteiger charge is 2.26. The summed E-state index contributed by atoms with van der Waals surface area (Å²) in [7, 11) is -1.96. The van der Waals surface area contributed by atoms with Crippen molar-refractivity contribution in [2.24, 2.45) is 0 Å². The van der Waals surface area contributed by atoms with Crippen molar-refractivity contribution in [1.82, 2.24) is 9.62 Å². The van der Waals surface area contributed by atoms with Crippen LogP contribution in [-0.4, -0.2) is 57.4 Å². The molecule has 11 heteroatoms. The van der Waals surface area contributed by atoms with E-state index in [4.69, 9.17) is 9.47 Å². The van der Waals surface area contributed by atoms with Crippen LogP contribution in [-0.2, 0) is 30.8 Å². The number of ether oxygens (including phenoxy) is 2. The molecule has 0 aliphatic carbocycles. The van der Waals surface area contributed by atoms with Gasteiger partial charge in [-0.25, -0.2) is 13.2 Å². The number of nitrogens with zero attached hydrogens (tertiary/aromatic N) is 1. The van der Waals surface area contributed by atoms with Gasteiger partial charge in [0.1, 0.15) is 5.75 Å². The molecule has 0 spiro atoms. The molecular formula is C23H27N3O7S. The maximum atomic E-state index is 12.5. The molecule has 0 radical (unpaired) electrons. The highest BCUT2D eigenvalue weighted by Crippen LogP contribution is 2.21. The SMILES string of the molecule is COc1ccc(NC(=O)NC(=O)COC(=O)CCc2ccc(S(=O)(=O)N3CCCC3)cc2)cc1. The van der Waals surface area contributed by atoms with Gasteiger partial charge in [0.15, 0.2) is 6.61 Å². The van der Waals surface area contributed by atoms with E-state index in [1.54, 1.807) is 36.4 Å². The number of rotatable bonds is 9. The van der Waals surface area contributed by atoms with Crippen LogP contribution in [0.2, 0.25) is 0 Å². The van der Waals surface area contributed by atoms with Gasteiger partial charge in [-0.15, -0.1) is 0 Å². The number of aryl methyl sites for hydroxylation is 1. The summed E-state index contributed by atoms with van der Waals surface area (Å²) >= 11 is 0. The summed E-state index contributed by atoms with van der Waals surface area (Å²) < 4.78 is 36.5. The van der Waals surface area contributed by atoms with Gasteiger partial charge in [0.2, 0.25) is 10.0 Å². The average Bonchev–Trinajstić information content (AvgIpc) is 3.38. The normalized spacial score (nSPS) is 13.8. The number of anilines is 1. The standard InChI is InChI=1S/C23H27N3O7S/c1-32-19-9-7-18(8-10-19)24-23(29)25-21(27)16-33-22(28)13-6-17-4-11-20(12-5-17)34(30,31)26-14-2-3-15-26/h4-5,7-12H,2-3,6,13-16H2,1H3,(H2,24,25,27,29). The largest absolute Gasteiger partial charge is 0.497 e. The maximum absolute atomic E-state index is 12.5. The van der Waals surface area contributed by atoms with Crippen molar-refractivity contribution in [3.63, 3.8) is 0 Å². The molecule has 0 saturated carbocycles. The van der Waals surface area contributed by atoms with Crippen molar-refractivity contribution in [2.75, 3.05) is 32.1 Å². The molecule has 3 rings (SSSR count). The quantitative estimate of drug-likeness (QED) is 0.517. The van der Waals surface area contributed by atoms with Crippen LogP contribution in [0, 0.1) is 0 Å². The van der Waals surface area contributed by atoms with Crippen molar-refractivity contribution >= 4 is 33.6 Å². The predicted molar refractivity (Wildman–Crippen MR) is 124 cm³/mol. The van der Waals surface area contributed by atoms with Gasteiger partial charge in [0.25, 0.3) is 5.91 Å². The second-order valence-electron chi connectivity index (χ2n) is 7.65. The van der Waals surface area contributed by atoms with Crippen LogP contribution in [0.15, 0.2) is 53.4 Å². The molecule has 2 aromatic carbocycles. The van der Waals surface area contributed by atoms with Crippen molar-refractivity contribution in [3.8, 4) is 5.75 Å². The van der Waals surface area contributed by atoms with Crippen LogP contribution in [0.3, 0.4) is 0 Å². The van der Waals surface area contributed by atoms with Gasteiger partial charge in [-0.05, 0) is 61.2 Å². The first-order chi connectivity index (χ1) is 16.3. The fraction of sp³-hybridized carbons (Fsp3) is 0.348. The number of esters is 1. The number of carbonyl (C=O) groups is 3. The van der Waals surface area contributed by atoms with E-state index in [9.17, 15) is 22.8 Å². The first-order valence-corrected chi connectivity index (χ1v) is 12.2. The van der Waals surface area contributed by atoms with E-state index >= 15 is 0 Å². The molecule has 1 saturated heterocycles. The molecule has 0 aromatic heterocycles. The lowest BCUT2D eigenvalue weighted by Gasteiger charge is -2.15. The van der Waals surface area contributed by atoms with Crippen molar-refractivity contribution in [3.05, 3.63) is 54.1 Å². The van der Waals surface area contributed by atoms with Gasteiger partial charge in [0.05, 0.1) is 12.0 Å². The minimum atomic E-state index is -3.48. The first kappa shape index (κ1) is 25.2. The molecule has 3 amide bonds. The van der Waals surface area contributed by atoms with Crippen LogP contribution in [0.5, 0.6) is 5.75 Å². The van der Waals surface area contributed by atoms with Gasteiger partial charge in [-0.1, -0.05) is 12.1 Å². The lowest BCUT2D eigenvalue weighted by molar-refractivity contribution is -0.148. The number of amides is 3. The Hall–Kier alpha value is -3.44. The van der Waals surface area contributed by atoms with E-state index < -0.39 is 34.5 Å². The highest BCUT2D eigenvalue weighted by atomic mass is 32.2. The number of sulfonamides is 1. The van der Waals surface area contributed by atoms with Gasteiger partial charge >= 0.3 is 12.0 Å². The molecule has 2 aromatic rings. The van der Waals surface area contributed by atoms with E-state index in [1.165, 1.54) is 23.5 Å². The zero-order chi connectivity index (χ0) is 24.6. The van der Waals surface area contributed by atoms with Crippen LogP contribution < -0.4 is 15.4 Å². The van der Waals surface area contributed by atoms with E-state index in [0.29, 0.717) is 30.9 Å². The molecule has 10 nitrogen and oxygen atoms in total. The fourth-order valence-electron chi connectivity index (χ4n) is 3.37. The summed E-state index contributed by atoms with van der Waals surface area (Å²) in [5.74, 6) is -0.757. The molecule has 1 aliphatic heterocycles. The molecule has 182 valence electrons. The molecule has 0 unspecified atom stereocenters. The summed E-state index contributed by atoms with van der Waals surface area (Å²) in [4.78, 5) is 35.9.